The molecule has 7 nitrogen and oxygen atoms in total. The third-order valence-electron chi connectivity index (χ3n) is 6.24. The summed E-state index contributed by atoms with van der Waals surface area (Å²) in [6.45, 7) is 4.53. The molecule has 0 bridgehead atoms. The van der Waals surface area contributed by atoms with Gasteiger partial charge in [-0.25, -0.2) is 4.99 Å². The quantitative estimate of drug-likeness (QED) is 0.677. The van der Waals surface area contributed by atoms with Crippen LogP contribution >= 0.6 is 0 Å². The number of hydrogen-bond donors (Lipinski definition) is 2. The van der Waals surface area contributed by atoms with Gasteiger partial charge in [0.15, 0.2) is 0 Å². The van der Waals surface area contributed by atoms with Gasteiger partial charge in [0.2, 0.25) is 5.96 Å². The molecule has 156 valence electrons. The summed E-state index contributed by atoms with van der Waals surface area (Å²) in [5.41, 5.74) is 6.01. The SMILES string of the molecule is O=c1[nH]c2cccccc-2c1C1=Nc2cc(N3CCCN4CCCN=C43)ccc2NC1. The minimum Gasteiger partial charge on any atom is -0.378 e. The highest BCUT2D eigenvalue weighted by Crippen LogP contribution is 2.35. The van der Waals surface area contributed by atoms with Crippen LogP contribution in [-0.2, 0) is 0 Å². The van der Waals surface area contributed by atoms with Crippen LogP contribution < -0.4 is 15.8 Å². The van der Waals surface area contributed by atoms with Gasteiger partial charge in [-0.15, -0.1) is 0 Å². The highest BCUT2D eigenvalue weighted by Gasteiger charge is 2.28. The predicted octanol–water partition coefficient (Wildman–Crippen LogP) is 3.30. The van der Waals surface area contributed by atoms with E-state index in [9.17, 15) is 4.79 Å². The molecule has 6 rings (SSSR count). The van der Waals surface area contributed by atoms with Crippen molar-refractivity contribution in [1.82, 2.24) is 9.88 Å². The first-order valence-corrected chi connectivity index (χ1v) is 10.9. The molecule has 1 aromatic rings. The summed E-state index contributed by atoms with van der Waals surface area (Å²) in [4.78, 5) is 30.1. The molecule has 5 aliphatic rings. The minimum absolute atomic E-state index is 0.0930. The molecule has 0 aromatic heterocycles. The highest BCUT2D eigenvalue weighted by molar-refractivity contribution is 6.11. The largest absolute Gasteiger partial charge is 0.378 e. The van der Waals surface area contributed by atoms with E-state index in [1.807, 2.05) is 30.3 Å². The van der Waals surface area contributed by atoms with Gasteiger partial charge in [-0.2, -0.15) is 0 Å². The van der Waals surface area contributed by atoms with Crippen LogP contribution in [0.25, 0.3) is 11.3 Å². The Balaban J connectivity index is 1.41. The first kappa shape index (κ1) is 18.2. The van der Waals surface area contributed by atoms with Gasteiger partial charge in [-0.05, 0) is 37.1 Å². The summed E-state index contributed by atoms with van der Waals surface area (Å²) in [5, 5.41) is 3.44. The molecule has 0 unspecified atom stereocenters. The van der Waals surface area contributed by atoms with Crippen molar-refractivity contribution in [2.24, 2.45) is 9.98 Å². The fraction of sp³-hybridized carbons (Fsp3) is 0.292. The van der Waals surface area contributed by atoms with E-state index in [0.717, 1.165) is 79.0 Å². The smallest absolute Gasteiger partial charge is 0.258 e. The van der Waals surface area contributed by atoms with Gasteiger partial charge >= 0.3 is 0 Å². The van der Waals surface area contributed by atoms with Crippen molar-refractivity contribution in [3.63, 3.8) is 0 Å². The Hall–Kier alpha value is -3.61. The van der Waals surface area contributed by atoms with Crippen molar-refractivity contribution in [2.75, 3.05) is 42.9 Å². The average Bonchev–Trinajstić information content (AvgIpc) is 2.96. The van der Waals surface area contributed by atoms with E-state index in [1.165, 1.54) is 0 Å². The summed E-state index contributed by atoms with van der Waals surface area (Å²) in [6.07, 6.45) is 2.24. The Kier molecular flexibility index (Phi) is 4.26. The fourth-order valence-electron chi connectivity index (χ4n) is 4.78. The lowest BCUT2D eigenvalue weighted by atomic mass is 10.0. The van der Waals surface area contributed by atoms with Crippen LogP contribution in [0.1, 0.15) is 18.4 Å². The van der Waals surface area contributed by atoms with E-state index in [4.69, 9.17) is 9.98 Å². The molecular formula is C24H24N6O. The van der Waals surface area contributed by atoms with Crippen LogP contribution in [0.3, 0.4) is 0 Å². The van der Waals surface area contributed by atoms with E-state index in [2.05, 4.69) is 38.3 Å². The van der Waals surface area contributed by atoms with Crippen molar-refractivity contribution in [1.29, 1.82) is 0 Å². The maximum absolute atomic E-state index is 12.7. The average molecular weight is 412 g/mol. The van der Waals surface area contributed by atoms with E-state index < -0.39 is 0 Å². The van der Waals surface area contributed by atoms with Crippen LogP contribution in [0, 0.1) is 0 Å². The van der Waals surface area contributed by atoms with E-state index >= 15 is 0 Å². The van der Waals surface area contributed by atoms with Crippen molar-refractivity contribution >= 4 is 28.7 Å². The molecule has 0 saturated carbocycles. The molecule has 0 radical (unpaired) electrons. The van der Waals surface area contributed by atoms with E-state index in [0.29, 0.717) is 12.1 Å². The fourth-order valence-corrected chi connectivity index (χ4v) is 4.78. The summed E-state index contributed by atoms with van der Waals surface area (Å²) in [7, 11) is 0. The first-order valence-electron chi connectivity index (χ1n) is 10.9. The molecule has 0 amide bonds. The highest BCUT2D eigenvalue weighted by atomic mass is 16.1. The minimum atomic E-state index is -0.0930. The summed E-state index contributed by atoms with van der Waals surface area (Å²) in [6, 6.07) is 16.1. The standard InChI is InChI=1S/C24H24N6O/c31-23-22(17-6-2-1-3-7-18(17)28-23)21-15-26-19-9-8-16(14-20(19)27-21)30-13-5-12-29-11-4-10-25-24(29)30/h1-3,6-9,14,26H,4-5,10-13,15H2,(H,28,31). The number of nitrogens with zero attached hydrogens (tertiary/aromatic N) is 4. The number of aliphatic imine (C=N–C) groups is 2. The molecule has 31 heavy (non-hydrogen) atoms. The second kappa shape index (κ2) is 7.27. The second-order valence-electron chi connectivity index (χ2n) is 8.21. The van der Waals surface area contributed by atoms with Crippen molar-refractivity contribution in [3.8, 4) is 11.3 Å². The summed E-state index contributed by atoms with van der Waals surface area (Å²) >= 11 is 0. The Morgan fingerprint density at radius 1 is 0.968 bits per heavy atom. The number of benzene rings is 1. The van der Waals surface area contributed by atoms with Gasteiger partial charge in [0.05, 0.1) is 29.2 Å². The lowest BCUT2D eigenvalue weighted by Gasteiger charge is -2.41. The van der Waals surface area contributed by atoms with E-state index in [1.54, 1.807) is 0 Å². The maximum atomic E-state index is 12.7. The lowest BCUT2D eigenvalue weighted by molar-refractivity contribution is 0.360. The first-order chi connectivity index (χ1) is 15.3. The summed E-state index contributed by atoms with van der Waals surface area (Å²) in [5.74, 6) is 1.08. The molecule has 0 spiro atoms. The summed E-state index contributed by atoms with van der Waals surface area (Å²) < 4.78 is 0. The third kappa shape index (κ3) is 3.08. The molecule has 0 atom stereocenters. The van der Waals surface area contributed by atoms with Gasteiger partial charge in [-0.1, -0.05) is 24.3 Å². The molecule has 1 aromatic carbocycles. The monoisotopic (exact) mass is 412 g/mol. The zero-order valence-corrected chi connectivity index (χ0v) is 17.3. The molecule has 4 heterocycles. The van der Waals surface area contributed by atoms with Gasteiger partial charge in [0.1, 0.15) is 0 Å². The zero-order chi connectivity index (χ0) is 20.8. The predicted molar refractivity (Wildman–Crippen MR) is 125 cm³/mol. The molecule has 1 aliphatic carbocycles. The van der Waals surface area contributed by atoms with Gasteiger partial charge in [0.25, 0.3) is 5.56 Å². The number of anilines is 2. The molecular weight excluding hydrogens is 388 g/mol. The normalized spacial score (nSPS) is 18.1. The van der Waals surface area contributed by atoms with Gasteiger partial charge in [-0.3, -0.25) is 9.79 Å². The Morgan fingerprint density at radius 2 is 1.87 bits per heavy atom. The van der Waals surface area contributed by atoms with Crippen LogP contribution in [0.5, 0.6) is 0 Å². The number of aromatic amines is 1. The van der Waals surface area contributed by atoms with Crippen molar-refractivity contribution in [2.45, 2.75) is 12.8 Å². The van der Waals surface area contributed by atoms with Gasteiger partial charge < -0.3 is 20.1 Å². The maximum Gasteiger partial charge on any atom is 0.258 e. The number of fused-ring (bicyclic) bond motifs is 3. The van der Waals surface area contributed by atoms with Crippen LogP contribution in [0.2, 0.25) is 0 Å². The molecule has 7 heteroatoms. The molecule has 4 aliphatic heterocycles. The van der Waals surface area contributed by atoms with Gasteiger partial charge in [0, 0.05) is 43.1 Å². The number of H-pyrrole nitrogens is 1. The number of guanidine groups is 1. The third-order valence-corrected chi connectivity index (χ3v) is 6.24. The molecule has 2 N–H and O–H groups in total. The number of hydrogen-bond acceptors (Lipinski definition) is 6. The molecule has 1 fully saturated rings. The van der Waals surface area contributed by atoms with Crippen molar-refractivity contribution < 1.29 is 0 Å². The van der Waals surface area contributed by atoms with E-state index in [-0.39, 0.29) is 5.56 Å². The second-order valence-corrected chi connectivity index (χ2v) is 8.21. The zero-order valence-electron chi connectivity index (χ0n) is 17.3. The Bertz CT molecular complexity index is 1240. The number of rotatable bonds is 2. The Morgan fingerprint density at radius 3 is 2.84 bits per heavy atom. The number of nitrogens with one attached hydrogen (secondary N) is 2. The van der Waals surface area contributed by atoms with Crippen LogP contribution in [0.4, 0.5) is 17.1 Å². The number of aromatic nitrogens is 1. The molecule has 1 saturated heterocycles. The lowest BCUT2D eigenvalue weighted by Crippen LogP contribution is -2.52. The van der Waals surface area contributed by atoms with Crippen LogP contribution in [-0.4, -0.2) is 54.3 Å². The Labute approximate surface area is 180 Å². The van der Waals surface area contributed by atoms with Crippen molar-refractivity contribution in [3.05, 3.63) is 64.4 Å². The topological polar surface area (TPSA) is 76.1 Å². The van der Waals surface area contributed by atoms with Crippen LogP contribution in [0.15, 0.2) is 63.3 Å².